The molecule has 0 saturated heterocycles. The fourth-order valence-electron chi connectivity index (χ4n) is 1.12. The lowest BCUT2D eigenvalue weighted by Crippen LogP contribution is -2.34. The molecule has 1 rings (SSSR count). The van der Waals surface area contributed by atoms with Crippen molar-refractivity contribution in [3.63, 3.8) is 0 Å². The quantitative estimate of drug-likeness (QED) is 0.388. The Morgan fingerprint density at radius 3 is 2.68 bits per heavy atom. The summed E-state index contributed by atoms with van der Waals surface area (Å²) in [5.41, 5.74) is 0. The maximum absolute atomic E-state index is 11.7. The van der Waals surface area contributed by atoms with Gasteiger partial charge in [-0.3, -0.25) is 14.9 Å². The smallest absolute Gasteiger partial charge is 0.316 e. The highest BCUT2D eigenvalue weighted by Crippen LogP contribution is 2.25. The molecule has 1 N–H and O–H groups in total. The summed E-state index contributed by atoms with van der Waals surface area (Å²) >= 11 is 2.24. The standard InChI is InChI=1S/C10H16N4O5S3/c1-4-19-8(16)6-20-10-13-12-9(21-10)11-7(15)5-14(2)22(3,17)18/h4-6H2,1-3H3,(H,11,12,15). The average molecular weight is 368 g/mol. The minimum absolute atomic E-state index is 0.104. The lowest BCUT2D eigenvalue weighted by molar-refractivity contribution is -0.139. The maximum atomic E-state index is 11.7. The number of thioether (sulfide) groups is 1. The van der Waals surface area contributed by atoms with Gasteiger partial charge in [0.05, 0.1) is 25.2 Å². The van der Waals surface area contributed by atoms with Gasteiger partial charge in [0.15, 0.2) is 4.34 Å². The Bertz CT molecular complexity index is 630. The van der Waals surface area contributed by atoms with E-state index in [1.807, 2.05) is 0 Å². The number of aromatic nitrogens is 2. The molecule has 9 nitrogen and oxygen atoms in total. The van der Waals surface area contributed by atoms with Crippen molar-refractivity contribution in [2.75, 3.05) is 37.5 Å². The van der Waals surface area contributed by atoms with Gasteiger partial charge in [0.2, 0.25) is 21.1 Å². The summed E-state index contributed by atoms with van der Waals surface area (Å²) in [5, 5.41) is 10.2. The molecule has 12 heteroatoms. The summed E-state index contributed by atoms with van der Waals surface area (Å²) < 4.78 is 28.6. The number of likely N-dealkylation sites (N-methyl/N-ethyl adjacent to an activating group) is 1. The van der Waals surface area contributed by atoms with E-state index in [1.165, 1.54) is 7.05 Å². The van der Waals surface area contributed by atoms with E-state index in [2.05, 4.69) is 15.5 Å². The highest BCUT2D eigenvalue weighted by molar-refractivity contribution is 8.01. The molecule has 124 valence electrons. The maximum Gasteiger partial charge on any atom is 0.316 e. The van der Waals surface area contributed by atoms with Crippen LogP contribution in [0.15, 0.2) is 4.34 Å². The molecule has 0 radical (unpaired) electrons. The molecule has 0 atom stereocenters. The van der Waals surface area contributed by atoms with Crippen LogP contribution >= 0.6 is 23.1 Å². The van der Waals surface area contributed by atoms with Crippen molar-refractivity contribution in [3.05, 3.63) is 0 Å². The summed E-state index contributed by atoms with van der Waals surface area (Å²) in [7, 11) is -2.12. The van der Waals surface area contributed by atoms with Gasteiger partial charge < -0.3 is 4.74 Å². The summed E-state index contributed by atoms with van der Waals surface area (Å²) in [6.45, 7) is 1.71. The fourth-order valence-corrected chi connectivity index (χ4v) is 3.04. The van der Waals surface area contributed by atoms with Gasteiger partial charge in [0, 0.05) is 7.05 Å². The molecule has 0 aliphatic heterocycles. The Hall–Kier alpha value is -1.24. The van der Waals surface area contributed by atoms with Gasteiger partial charge in [-0.2, -0.15) is 4.31 Å². The van der Waals surface area contributed by atoms with Crippen LogP contribution in [0.2, 0.25) is 0 Å². The number of esters is 1. The number of hydrogen-bond donors (Lipinski definition) is 1. The van der Waals surface area contributed by atoms with E-state index in [0.29, 0.717) is 10.9 Å². The van der Waals surface area contributed by atoms with Gasteiger partial charge in [-0.15, -0.1) is 10.2 Å². The zero-order valence-electron chi connectivity index (χ0n) is 12.2. The molecular formula is C10H16N4O5S3. The monoisotopic (exact) mass is 368 g/mol. The van der Waals surface area contributed by atoms with Gasteiger partial charge in [-0.25, -0.2) is 8.42 Å². The minimum atomic E-state index is -3.42. The summed E-state index contributed by atoms with van der Waals surface area (Å²) in [6.07, 6.45) is 1.01. The normalized spacial score (nSPS) is 11.5. The number of ether oxygens (including phenoxy) is 1. The van der Waals surface area contributed by atoms with E-state index in [0.717, 1.165) is 33.7 Å². The largest absolute Gasteiger partial charge is 0.465 e. The predicted octanol–water partition coefficient (Wildman–Crippen LogP) is 0.0232. The highest BCUT2D eigenvalue weighted by Gasteiger charge is 2.16. The Morgan fingerprint density at radius 1 is 1.41 bits per heavy atom. The lowest BCUT2D eigenvalue weighted by Gasteiger charge is -2.12. The number of hydrogen-bond acceptors (Lipinski definition) is 9. The molecule has 0 spiro atoms. The molecule has 0 fully saturated rings. The van der Waals surface area contributed by atoms with Crippen molar-refractivity contribution in [2.24, 2.45) is 0 Å². The van der Waals surface area contributed by atoms with Crippen LogP contribution in [-0.4, -0.2) is 67.0 Å². The SMILES string of the molecule is CCOC(=O)CSc1nnc(NC(=O)CN(C)S(C)(=O)=O)s1. The number of rotatable bonds is 8. The number of nitrogens with zero attached hydrogens (tertiary/aromatic N) is 3. The first-order valence-electron chi connectivity index (χ1n) is 6.05. The molecular weight excluding hydrogens is 352 g/mol. The number of nitrogens with one attached hydrogen (secondary N) is 1. The minimum Gasteiger partial charge on any atom is -0.465 e. The van der Waals surface area contributed by atoms with E-state index in [4.69, 9.17) is 4.74 Å². The number of carbonyl (C=O) groups excluding carboxylic acids is 2. The average Bonchev–Trinajstić information content (AvgIpc) is 2.83. The second-order valence-electron chi connectivity index (χ2n) is 4.03. The molecule has 0 aliphatic rings. The van der Waals surface area contributed by atoms with Gasteiger partial charge in [0.1, 0.15) is 0 Å². The number of sulfonamides is 1. The van der Waals surface area contributed by atoms with Crippen LogP contribution in [0.3, 0.4) is 0 Å². The van der Waals surface area contributed by atoms with Crippen LogP contribution in [0.4, 0.5) is 5.13 Å². The second kappa shape index (κ2) is 8.41. The Kier molecular flexibility index (Phi) is 7.19. The van der Waals surface area contributed by atoms with E-state index in [1.54, 1.807) is 6.92 Å². The summed E-state index contributed by atoms with van der Waals surface area (Å²) in [4.78, 5) is 22.9. The van der Waals surface area contributed by atoms with E-state index in [-0.39, 0.29) is 23.4 Å². The first-order valence-corrected chi connectivity index (χ1v) is 9.70. The molecule has 0 aliphatic carbocycles. The first-order chi connectivity index (χ1) is 10.2. The number of carbonyl (C=O) groups is 2. The molecule has 0 saturated carbocycles. The van der Waals surface area contributed by atoms with Crippen molar-refractivity contribution in [1.29, 1.82) is 0 Å². The predicted molar refractivity (Wildman–Crippen MR) is 83.4 cm³/mol. The molecule has 22 heavy (non-hydrogen) atoms. The molecule has 1 aromatic rings. The Morgan fingerprint density at radius 2 is 2.09 bits per heavy atom. The summed E-state index contributed by atoms with van der Waals surface area (Å²) in [5.74, 6) is -0.776. The molecule has 0 unspecified atom stereocenters. The Labute approximate surface area is 136 Å². The topological polar surface area (TPSA) is 119 Å². The van der Waals surface area contributed by atoms with Gasteiger partial charge >= 0.3 is 5.97 Å². The zero-order chi connectivity index (χ0) is 16.8. The first kappa shape index (κ1) is 18.8. The van der Waals surface area contributed by atoms with Crippen molar-refractivity contribution in [2.45, 2.75) is 11.3 Å². The van der Waals surface area contributed by atoms with Crippen LogP contribution in [0, 0.1) is 0 Å². The molecule has 1 amide bonds. The third-order valence-electron chi connectivity index (χ3n) is 2.20. The summed E-state index contributed by atoms with van der Waals surface area (Å²) in [6, 6.07) is 0. The van der Waals surface area contributed by atoms with Crippen LogP contribution in [0.5, 0.6) is 0 Å². The number of anilines is 1. The van der Waals surface area contributed by atoms with E-state index >= 15 is 0 Å². The van der Waals surface area contributed by atoms with E-state index in [9.17, 15) is 18.0 Å². The van der Waals surface area contributed by atoms with Crippen LogP contribution in [0.1, 0.15) is 6.92 Å². The molecule has 0 bridgehead atoms. The fraction of sp³-hybridized carbons (Fsp3) is 0.600. The third kappa shape index (κ3) is 6.68. The van der Waals surface area contributed by atoms with Crippen LogP contribution in [-0.2, 0) is 24.3 Å². The second-order valence-corrected chi connectivity index (χ2v) is 8.32. The number of amides is 1. The Balaban J connectivity index is 2.48. The highest BCUT2D eigenvalue weighted by atomic mass is 32.2. The van der Waals surface area contributed by atoms with Crippen molar-refractivity contribution >= 4 is 50.1 Å². The third-order valence-corrected chi connectivity index (χ3v) is 5.41. The van der Waals surface area contributed by atoms with E-state index < -0.39 is 15.9 Å². The van der Waals surface area contributed by atoms with Gasteiger partial charge in [0.25, 0.3) is 0 Å². The lowest BCUT2D eigenvalue weighted by atomic mass is 10.6. The van der Waals surface area contributed by atoms with Crippen LogP contribution < -0.4 is 5.32 Å². The van der Waals surface area contributed by atoms with Gasteiger partial charge in [-0.1, -0.05) is 23.1 Å². The van der Waals surface area contributed by atoms with Gasteiger partial charge in [-0.05, 0) is 6.92 Å². The van der Waals surface area contributed by atoms with Crippen molar-refractivity contribution in [1.82, 2.24) is 14.5 Å². The molecule has 1 heterocycles. The zero-order valence-corrected chi connectivity index (χ0v) is 14.7. The van der Waals surface area contributed by atoms with Crippen molar-refractivity contribution < 1.29 is 22.7 Å². The molecule has 1 aromatic heterocycles. The van der Waals surface area contributed by atoms with Crippen LogP contribution in [0.25, 0.3) is 0 Å². The molecule has 0 aromatic carbocycles. The van der Waals surface area contributed by atoms with Crippen molar-refractivity contribution in [3.8, 4) is 0 Å².